The highest BCUT2D eigenvalue weighted by Gasteiger charge is 2.21. The second-order valence-corrected chi connectivity index (χ2v) is 6.53. The normalized spacial score (nSPS) is 15.7. The highest BCUT2D eigenvalue weighted by molar-refractivity contribution is 7.92. The Kier molecular flexibility index (Phi) is 4.09. The van der Waals surface area contributed by atoms with Gasteiger partial charge in [-0.2, -0.15) is 0 Å². The number of anilines is 1. The third-order valence-corrected chi connectivity index (χ3v) is 4.15. The molecule has 0 aliphatic heterocycles. The fourth-order valence-corrected chi connectivity index (χ4v) is 2.63. The van der Waals surface area contributed by atoms with Crippen LogP contribution in [-0.4, -0.2) is 26.8 Å². The second kappa shape index (κ2) is 5.42. The van der Waals surface area contributed by atoms with Gasteiger partial charge in [0.2, 0.25) is 10.0 Å². The zero-order valence-electron chi connectivity index (χ0n) is 9.62. The van der Waals surface area contributed by atoms with Gasteiger partial charge >= 0.3 is 0 Å². The van der Waals surface area contributed by atoms with E-state index in [0.717, 1.165) is 18.9 Å². The van der Waals surface area contributed by atoms with Gasteiger partial charge in [-0.05, 0) is 31.0 Å². The van der Waals surface area contributed by atoms with E-state index in [1.807, 2.05) is 0 Å². The van der Waals surface area contributed by atoms with E-state index >= 15 is 0 Å². The van der Waals surface area contributed by atoms with E-state index in [4.69, 9.17) is 11.6 Å². The minimum absolute atomic E-state index is 0.0154. The third-order valence-electron chi connectivity index (χ3n) is 2.57. The summed E-state index contributed by atoms with van der Waals surface area (Å²) in [7, 11) is -3.43. The minimum atomic E-state index is -3.43. The van der Waals surface area contributed by atoms with E-state index in [2.05, 4.69) is 10.0 Å². The van der Waals surface area contributed by atoms with Gasteiger partial charge in [0.25, 0.3) is 0 Å². The monoisotopic (exact) mass is 292 g/mol. The number of hydrogen-bond donors (Lipinski definition) is 2. The van der Waals surface area contributed by atoms with E-state index in [0.29, 0.717) is 12.6 Å². The third kappa shape index (κ3) is 4.12. The Morgan fingerprint density at radius 3 is 2.72 bits per heavy atom. The van der Waals surface area contributed by atoms with Crippen molar-refractivity contribution in [2.24, 2.45) is 0 Å². The van der Waals surface area contributed by atoms with Crippen LogP contribution in [0.5, 0.6) is 0 Å². The molecule has 0 radical (unpaired) electrons. The maximum atomic E-state index is 12.9. The van der Waals surface area contributed by atoms with Gasteiger partial charge in [-0.1, -0.05) is 11.6 Å². The van der Waals surface area contributed by atoms with Crippen LogP contribution in [0.15, 0.2) is 18.2 Å². The fourth-order valence-electron chi connectivity index (χ4n) is 1.48. The summed E-state index contributed by atoms with van der Waals surface area (Å²) in [6.07, 6.45) is 2.22. The lowest BCUT2D eigenvalue weighted by Crippen LogP contribution is -2.28. The molecule has 0 bridgehead atoms. The summed E-state index contributed by atoms with van der Waals surface area (Å²) in [5.41, 5.74) is 0.271. The van der Waals surface area contributed by atoms with E-state index < -0.39 is 15.8 Å². The summed E-state index contributed by atoms with van der Waals surface area (Å²) in [4.78, 5) is 0. The van der Waals surface area contributed by atoms with Crippen molar-refractivity contribution < 1.29 is 12.8 Å². The van der Waals surface area contributed by atoms with Crippen LogP contribution in [0.2, 0.25) is 5.02 Å². The molecule has 0 aromatic heterocycles. The zero-order chi connectivity index (χ0) is 13.2. The smallest absolute Gasteiger partial charge is 0.233 e. The molecule has 0 atom stereocenters. The highest BCUT2D eigenvalue weighted by Crippen LogP contribution is 2.20. The Labute approximate surface area is 111 Å². The van der Waals surface area contributed by atoms with Crippen molar-refractivity contribution in [2.45, 2.75) is 18.9 Å². The molecule has 1 saturated carbocycles. The Bertz CT molecular complexity index is 532. The van der Waals surface area contributed by atoms with Crippen molar-refractivity contribution >= 4 is 27.3 Å². The van der Waals surface area contributed by atoms with Gasteiger partial charge in [0.15, 0.2) is 0 Å². The lowest BCUT2D eigenvalue weighted by molar-refractivity contribution is 0.595. The van der Waals surface area contributed by atoms with E-state index in [1.165, 1.54) is 12.1 Å². The SMILES string of the molecule is O=S(=O)(CCNC1CC1)Nc1ccc(F)c(Cl)c1. The van der Waals surface area contributed by atoms with E-state index in [9.17, 15) is 12.8 Å². The lowest BCUT2D eigenvalue weighted by Gasteiger charge is -2.09. The molecule has 100 valence electrons. The quantitative estimate of drug-likeness (QED) is 0.843. The van der Waals surface area contributed by atoms with Crippen molar-refractivity contribution in [1.82, 2.24) is 5.32 Å². The first-order chi connectivity index (χ1) is 8.46. The van der Waals surface area contributed by atoms with Crippen LogP contribution in [0.3, 0.4) is 0 Å². The number of sulfonamides is 1. The number of benzene rings is 1. The Morgan fingerprint density at radius 1 is 1.39 bits per heavy atom. The summed E-state index contributed by atoms with van der Waals surface area (Å²) < 4.78 is 38.7. The van der Waals surface area contributed by atoms with Crippen LogP contribution >= 0.6 is 11.6 Å². The van der Waals surface area contributed by atoms with Gasteiger partial charge in [0.1, 0.15) is 5.82 Å². The molecule has 4 nitrogen and oxygen atoms in total. The predicted molar refractivity (Wildman–Crippen MR) is 69.8 cm³/mol. The average molecular weight is 293 g/mol. The average Bonchev–Trinajstić information content (AvgIpc) is 3.07. The molecule has 1 aromatic carbocycles. The molecule has 2 rings (SSSR count). The number of rotatable bonds is 6. The maximum absolute atomic E-state index is 12.9. The molecule has 7 heteroatoms. The molecule has 1 aliphatic rings. The highest BCUT2D eigenvalue weighted by atomic mass is 35.5. The topological polar surface area (TPSA) is 58.2 Å². The van der Waals surface area contributed by atoms with Crippen LogP contribution < -0.4 is 10.0 Å². The zero-order valence-corrected chi connectivity index (χ0v) is 11.2. The van der Waals surface area contributed by atoms with Gasteiger partial charge in [-0.25, -0.2) is 12.8 Å². The second-order valence-electron chi connectivity index (χ2n) is 4.28. The van der Waals surface area contributed by atoms with Gasteiger partial charge in [0, 0.05) is 12.6 Å². The predicted octanol–water partition coefficient (Wildman–Crippen LogP) is 1.97. The van der Waals surface area contributed by atoms with Crippen LogP contribution in [-0.2, 0) is 10.0 Å². The van der Waals surface area contributed by atoms with Crippen LogP contribution in [0.25, 0.3) is 0 Å². The number of nitrogens with one attached hydrogen (secondary N) is 2. The van der Waals surface area contributed by atoms with Crippen molar-refractivity contribution in [2.75, 3.05) is 17.0 Å². The van der Waals surface area contributed by atoms with E-state index in [-0.39, 0.29) is 16.5 Å². The number of hydrogen-bond acceptors (Lipinski definition) is 3. The van der Waals surface area contributed by atoms with Gasteiger partial charge in [0.05, 0.1) is 16.5 Å². The fraction of sp³-hybridized carbons (Fsp3) is 0.455. The molecule has 0 heterocycles. The first-order valence-corrected chi connectivity index (χ1v) is 7.68. The molecule has 2 N–H and O–H groups in total. The molecule has 1 aliphatic carbocycles. The summed E-state index contributed by atoms with van der Waals surface area (Å²) in [5, 5.41) is 3.01. The first kappa shape index (κ1) is 13.6. The molecule has 18 heavy (non-hydrogen) atoms. The summed E-state index contributed by atoms with van der Waals surface area (Å²) in [5.74, 6) is -0.589. The van der Waals surface area contributed by atoms with Gasteiger partial charge in [-0.3, -0.25) is 4.72 Å². The van der Waals surface area contributed by atoms with Gasteiger partial charge < -0.3 is 5.32 Å². The molecular formula is C11H14ClFN2O2S. The standard InChI is InChI=1S/C11H14ClFN2O2S/c12-10-7-9(3-4-11(10)13)15-18(16,17)6-5-14-8-1-2-8/h3-4,7-8,14-15H,1-2,5-6H2. The van der Waals surface area contributed by atoms with Crippen molar-refractivity contribution in [1.29, 1.82) is 0 Å². The van der Waals surface area contributed by atoms with Crippen molar-refractivity contribution in [3.63, 3.8) is 0 Å². The van der Waals surface area contributed by atoms with Crippen LogP contribution in [0.4, 0.5) is 10.1 Å². The summed E-state index contributed by atoms with van der Waals surface area (Å²) >= 11 is 5.57. The van der Waals surface area contributed by atoms with E-state index in [1.54, 1.807) is 0 Å². The Hall–Kier alpha value is -0.850. The summed E-state index contributed by atoms with van der Waals surface area (Å²) in [6.45, 7) is 0.412. The molecule has 1 aromatic rings. The van der Waals surface area contributed by atoms with Crippen molar-refractivity contribution in [3.8, 4) is 0 Å². The Balaban J connectivity index is 1.91. The van der Waals surface area contributed by atoms with Crippen LogP contribution in [0, 0.1) is 5.82 Å². The molecular weight excluding hydrogens is 279 g/mol. The minimum Gasteiger partial charge on any atom is -0.313 e. The largest absolute Gasteiger partial charge is 0.313 e. The lowest BCUT2D eigenvalue weighted by atomic mass is 10.3. The van der Waals surface area contributed by atoms with Gasteiger partial charge in [-0.15, -0.1) is 0 Å². The van der Waals surface area contributed by atoms with Crippen LogP contribution in [0.1, 0.15) is 12.8 Å². The number of halogens is 2. The van der Waals surface area contributed by atoms with Crippen molar-refractivity contribution in [3.05, 3.63) is 29.0 Å². The molecule has 0 saturated heterocycles. The maximum Gasteiger partial charge on any atom is 0.233 e. The molecule has 0 amide bonds. The molecule has 0 unspecified atom stereocenters. The molecule has 1 fully saturated rings. The first-order valence-electron chi connectivity index (χ1n) is 5.65. The summed E-state index contributed by atoms with van der Waals surface area (Å²) in [6, 6.07) is 4.19. The molecule has 0 spiro atoms. The Morgan fingerprint density at radius 2 is 2.11 bits per heavy atom.